The van der Waals surface area contributed by atoms with Gasteiger partial charge in [-0.15, -0.1) is 0 Å². The van der Waals surface area contributed by atoms with Crippen LogP contribution in [0.2, 0.25) is 0 Å². The number of nitrogens with zero attached hydrogens (tertiary/aromatic N) is 3. The minimum atomic E-state index is -0.965. The number of methoxy groups -OCH3 is 1. The fraction of sp³-hybridized carbons (Fsp3) is 0.545. The first-order chi connectivity index (χ1) is 8.52. The maximum absolute atomic E-state index is 10.4. The van der Waals surface area contributed by atoms with Gasteiger partial charge in [-0.25, -0.2) is 9.78 Å². The van der Waals surface area contributed by atoms with E-state index in [1.807, 2.05) is 11.8 Å². The summed E-state index contributed by atoms with van der Waals surface area (Å²) in [4.78, 5) is 20.7. The molecule has 1 saturated heterocycles. The van der Waals surface area contributed by atoms with E-state index >= 15 is 0 Å². The molecule has 0 aromatic carbocycles. The van der Waals surface area contributed by atoms with Gasteiger partial charge >= 0.3 is 5.97 Å². The van der Waals surface area contributed by atoms with E-state index in [1.165, 1.54) is 0 Å². The minimum Gasteiger partial charge on any atom is -0.481 e. The van der Waals surface area contributed by atoms with Gasteiger partial charge in [-0.05, 0) is 6.92 Å². The molecule has 0 amide bonds. The normalized spacial score (nSPS) is 17.1. The topological polar surface area (TPSA) is 84.8 Å². The molecular formula is C11H15N3O4. The van der Waals surface area contributed by atoms with Gasteiger partial charge in [-0.2, -0.15) is 4.98 Å². The molecule has 0 saturated carbocycles. The molecule has 0 unspecified atom stereocenters. The van der Waals surface area contributed by atoms with Crippen molar-refractivity contribution in [1.82, 2.24) is 9.97 Å². The molecule has 0 radical (unpaired) electrons. The van der Waals surface area contributed by atoms with Crippen LogP contribution in [0, 0.1) is 0 Å². The summed E-state index contributed by atoms with van der Waals surface area (Å²) in [7, 11) is 1.54. The summed E-state index contributed by atoms with van der Waals surface area (Å²) >= 11 is 0. The molecule has 0 atom stereocenters. The van der Waals surface area contributed by atoms with Crippen molar-refractivity contribution in [3.63, 3.8) is 0 Å². The van der Waals surface area contributed by atoms with E-state index in [2.05, 4.69) is 9.97 Å². The molecule has 0 aliphatic carbocycles. The third kappa shape index (κ3) is 2.67. The van der Waals surface area contributed by atoms with Gasteiger partial charge in [0, 0.05) is 12.3 Å². The van der Waals surface area contributed by atoms with Crippen LogP contribution in [0.1, 0.15) is 6.92 Å². The highest BCUT2D eigenvalue weighted by Crippen LogP contribution is 2.28. The third-order valence-corrected chi connectivity index (χ3v) is 2.70. The molecule has 1 aromatic heterocycles. The van der Waals surface area contributed by atoms with Crippen molar-refractivity contribution >= 4 is 11.9 Å². The zero-order valence-electron chi connectivity index (χ0n) is 10.3. The van der Waals surface area contributed by atoms with Crippen molar-refractivity contribution in [3.8, 4) is 5.88 Å². The Morgan fingerprint density at radius 1 is 1.61 bits per heavy atom. The molecule has 1 aliphatic rings. The number of carboxylic acids is 1. The quantitative estimate of drug-likeness (QED) is 0.800. The van der Waals surface area contributed by atoms with Gasteiger partial charge in [0.15, 0.2) is 0 Å². The third-order valence-electron chi connectivity index (χ3n) is 2.70. The van der Waals surface area contributed by atoms with E-state index in [1.54, 1.807) is 19.4 Å². The van der Waals surface area contributed by atoms with Gasteiger partial charge in [0.2, 0.25) is 11.8 Å². The van der Waals surface area contributed by atoms with Crippen LogP contribution in [0.5, 0.6) is 5.88 Å². The SMILES string of the molecule is COc1ccnc(N2CC(C)(OCC(=O)O)C2)n1. The number of hydrogen-bond donors (Lipinski definition) is 1. The number of aliphatic carboxylic acids is 1. The lowest BCUT2D eigenvalue weighted by atomic mass is 9.97. The number of carbonyl (C=O) groups is 1. The molecule has 2 rings (SSSR count). The van der Waals surface area contributed by atoms with Crippen molar-refractivity contribution in [1.29, 1.82) is 0 Å². The predicted molar refractivity (Wildman–Crippen MR) is 62.8 cm³/mol. The van der Waals surface area contributed by atoms with Gasteiger partial charge in [-0.1, -0.05) is 0 Å². The Labute approximate surface area is 104 Å². The van der Waals surface area contributed by atoms with E-state index in [-0.39, 0.29) is 6.61 Å². The molecule has 1 aromatic rings. The fourth-order valence-electron chi connectivity index (χ4n) is 1.83. The molecular weight excluding hydrogens is 238 g/mol. The number of carboxylic acid groups (broad SMARTS) is 1. The van der Waals surface area contributed by atoms with Crippen molar-refractivity contribution in [2.75, 3.05) is 31.7 Å². The van der Waals surface area contributed by atoms with Crippen LogP contribution in [-0.4, -0.2) is 53.5 Å². The highest BCUT2D eigenvalue weighted by atomic mass is 16.5. The number of hydrogen-bond acceptors (Lipinski definition) is 6. The Kier molecular flexibility index (Phi) is 3.33. The summed E-state index contributed by atoms with van der Waals surface area (Å²) in [6.45, 7) is 2.71. The van der Waals surface area contributed by atoms with Crippen LogP contribution in [0.3, 0.4) is 0 Å². The van der Waals surface area contributed by atoms with Gasteiger partial charge < -0.3 is 19.5 Å². The molecule has 1 aliphatic heterocycles. The largest absolute Gasteiger partial charge is 0.481 e. The maximum Gasteiger partial charge on any atom is 0.329 e. The zero-order valence-corrected chi connectivity index (χ0v) is 10.3. The van der Waals surface area contributed by atoms with Gasteiger partial charge in [0.05, 0.1) is 20.2 Å². The van der Waals surface area contributed by atoms with Crippen molar-refractivity contribution < 1.29 is 19.4 Å². The van der Waals surface area contributed by atoms with E-state index in [0.29, 0.717) is 24.9 Å². The first-order valence-electron chi connectivity index (χ1n) is 5.50. The number of rotatable bonds is 5. The molecule has 0 bridgehead atoms. The molecule has 18 heavy (non-hydrogen) atoms. The van der Waals surface area contributed by atoms with Crippen LogP contribution >= 0.6 is 0 Å². The summed E-state index contributed by atoms with van der Waals surface area (Å²) < 4.78 is 10.3. The standard InChI is InChI=1S/C11H15N3O4/c1-11(18-5-9(15)16)6-14(7-11)10-12-4-3-8(13-10)17-2/h3-4H,5-7H2,1-2H3,(H,15,16). The molecule has 98 valence electrons. The predicted octanol–water partition coefficient (Wildman–Crippen LogP) is 0.165. The van der Waals surface area contributed by atoms with Crippen molar-refractivity contribution in [3.05, 3.63) is 12.3 Å². The fourth-order valence-corrected chi connectivity index (χ4v) is 1.83. The van der Waals surface area contributed by atoms with Gasteiger partial charge in [0.25, 0.3) is 0 Å². The molecule has 7 nitrogen and oxygen atoms in total. The van der Waals surface area contributed by atoms with E-state index < -0.39 is 11.6 Å². The Morgan fingerprint density at radius 3 is 2.94 bits per heavy atom. The first kappa shape index (κ1) is 12.6. The second kappa shape index (κ2) is 4.77. The van der Waals surface area contributed by atoms with Crippen LogP contribution in [0.25, 0.3) is 0 Å². The average Bonchev–Trinajstić information content (AvgIpc) is 2.33. The Bertz CT molecular complexity index is 446. The number of aromatic nitrogens is 2. The second-order valence-corrected chi connectivity index (χ2v) is 4.39. The average molecular weight is 253 g/mol. The number of ether oxygens (including phenoxy) is 2. The molecule has 1 fully saturated rings. The Hall–Kier alpha value is -1.89. The Balaban J connectivity index is 1.93. The van der Waals surface area contributed by atoms with E-state index in [4.69, 9.17) is 14.6 Å². The van der Waals surface area contributed by atoms with E-state index in [9.17, 15) is 4.79 Å². The van der Waals surface area contributed by atoms with Crippen molar-refractivity contribution in [2.45, 2.75) is 12.5 Å². The first-order valence-corrected chi connectivity index (χ1v) is 5.50. The lowest BCUT2D eigenvalue weighted by molar-refractivity contribution is -0.150. The minimum absolute atomic E-state index is 0.288. The molecule has 2 heterocycles. The summed E-state index contributed by atoms with van der Waals surface area (Å²) in [6.07, 6.45) is 1.62. The summed E-state index contributed by atoms with van der Waals surface area (Å²) in [5.74, 6) is 0.0955. The monoisotopic (exact) mass is 253 g/mol. The highest BCUT2D eigenvalue weighted by Gasteiger charge is 2.41. The number of anilines is 1. The Morgan fingerprint density at radius 2 is 2.33 bits per heavy atom. The summed E-state index contributed by atoms with van der Waals surface area (Å²) in [5.41, 5.74) is -0.454. The van der Waals surface area contributed by atoms with E-state index in [0.717, 1.165) is 0 Å². The molecule has 0 spiro atoms. The smallest absolute Gasteiger partial charge is 0.329 e. The van der Waals surface area contributed by atoms with Gasteiger partial charge in [-0.3, -0.25) is 0 Å². The highest BCUT2D eigenvalue weighted by molar-refractivity contribution is 5.68. The summed E-state index contributed by atoms with van der Waals surface area (Å²) in [6, 6.07) is 1.67. The van der Waals surface area contributed by atoms with Crippen LogP contribution < -0.4 is 9.64 Å². The lowest BCUT2D eigenvalue weighted by Gasteiger charge is -2.47. The van der Waals surface area contributed by atoms with Crippen LogP contribution in [0.15, 0.2) is 12.3 Å². The summed E-state index contributed by atoms with van der Waals surface area (Å²) in [5, 5.41) is 8.57. The lowest BCUT2D eigenvalue weighted by Crippen LogP contribution is -2.62. The second-order valence-electron chi connectivity index (χ2n) is 4.39. The van der Waals surface area contributed by atoms with Crippen LogP contribution in [0.4, 0.5) is 5.95 Å². The van der Waals surface area contributed by atoms with Crippen molar-refractivity contribution in [2.24, 2.45) is 0 Å². The van der Waals surface area contributed by atoms with Crippen LogP contribution in [-0.2, 0) is 9.53 Å². The maximum atomic E-state index is 10.4. The molecule has 1 N–H and O–H groups in total. The van der Waals surface area contributed by atoms with Gasteiger partial charge in [0.1, 0.15) is 12.2 Å². The zero-order chi connectivity index (χ0) is 13.2. The molecule has 7 heteroatoms.